The number of aromatic nitrogens is 3. The number of alkyl halides is 3. The van der Waals surface area contributed by atoms with Crippen LogP contribution >= 0.6 is 0 Å². The molecule has 1 N–H and O–H groups in total. The minimum Gasteiger partial charge on any atom is -0.466 e. The molecule has 7 nitrogen and oxygen atoms in total. The van der Waals surface area contributed by atoms with E-state index in [2.05, 4.69) is 19.9 Å². The number of aromatic amines is 1. The van der Waals surface area contributed by atoms with Gasteiger partial charge >= 0.3 is 12.1 Å². The normalized spacial score (nSPS) is 21.4. The van der Waals surface area contributed by atoms with E-state index in [-0.39, 0.29) is 29.6 Å². The number of hydrogen-bond acceptors (Lipinski definition) is 6. The monoisotopic (exact) mass is 516 g/mol. The number of carbonyl (C=O) groups is 1. The molecule has 198 valence electrons. The Balaban J connectivity index is 1.13. The minimum atomic E-state index is -4.40. The Kier molecular flexibility index (Phi) is 7.37. The van der Waals surface area contributed by atoms with E-state index < -0.39 is 11.7 Å². The van der Waals surface area contributed by atoms with Gasteiger partial charge in [-0.05, 0) is 75.8 Å². The number of nitrogens with zero attached hydrogens (tertiary/aromatic N) is 3. The molecule has 1 aliphatic heterocycles. The van der Waals surface area contributed by atoms with Gasteiger partial charge in [0, 0.05) is 24.8 Å². The molecule has 1 saturated heterocycles. The zero-order valence-corrected chi connectivity index (χ0v) is 20.8. The summed E-state index contributed by atoms with van der Waals surface area (Å²) in [5, 5.41) is 0. The quantitative estimate of drug-likeness (QED) is 0.420. The van der Waals surface area contributed by atoms with E-state index in [0.29, 0.717) is 23.5 Å². The molecule has 1 aliphatic carbocycles. The predicted octanol–water partition coefficient (Wildman–Crippen LogP) is 5.75. The van der Waals surface area contributed by atoms with Gasteiger partial charge in [0.05, 0.1) is 41.3 Å². The summed E-state index contributed by atoms with van der Waals surface area (Å²) in [5.74, 6) is 1.27. The Hall–Kier alpha value is -3.14. The lowest BCUT2D eigenvalue weighted by Gasteiger charge is -2.36. The number of rotatable bonds is 6. The maximum Gasteiger partial charge on any atom is 0.416 e. The van der Waals surface area contributed by atoms with Crippen molar-refractivity contribution in [2.24, 2.45) is 5.92 Å². The molecule has 37 heavy (non-hydrogen) atoms. The van der Waals surface area contributed by atoms with Crippen molar-refractivity contribution in [1.29, 1.82) is 0 Å². The number of ether oxygens (including phenoxy) is 2. The van der Waals surface area contributed by atoms with Crippen molar-refractivity contribution in [3.8, 4) is 11.4 Å². The van der Waals surface area contributed by atoms with Gasteiger partial charge in [-0.25, -0.2) is 9.97 Å². The molecule has 3 heterocycles. The summed E-state index contributed by atoms with van der Waals surface area (Å²) in [6.07, 6.45) is 2.96. The van der Waals surface area contributed by atoms with Crippen molar-refractivity contribution in [1.82, 2.24) is 15.0 Å². The molecular weight excluding hydrogens is 485 g/mol. The van der Waals surface area contributed by atoms with Gasteiger partial charge in [-0.3, -0.25) is 4.79 Å². The fraction of sp³-hybridized carbons (Fsp3) is 0.519. The number of H-pyrrole nitrogens is 1. The number of hydrogen-bond donors (Lipinski definition) is 1. The highest BCUT2D eigenvalue weighted by atomic mass is 19.4. The number of halogens is 3. The molecule has 0 spiro atoms. The Labute approximate surface area is 213 Å². The lowest BCUT2D eigenvalue weighted by atomic mass is 9.87. The van der Waals surface area contributed by atoms with Gasteiger partial charge in [0.2, 0.25) is 0 Å². The van der Waals surface area contributed by atoms with Gasteiger partial charge in [0.25, 0.3) is 0 Å². The van der Waals surface area contributed by atoms with Gasteiger partial charge in [0.15, 0.2) is 0 Å². The van der Waals surface area contributed by atoms with Crippen LogP contribution in [0.25, 0.3) is 22.4 Å². The molecule has 2 fully saturated rings. The number of piperidine rings is 1. The van der Waals surface area contributed by atoms with E-state index >= 15 is 0 Å². The van der Waals surface area contributed by atoms with E-state index in [9.17, 15) is 18.0 Å². The highest BCUT2D eigenvalue weighted by molar-refractivity contribution is 5.80. The van der Waals surface area contributed by atoms with Crippen molar-refractivity contribution in [3.05, 3.63) is 42.1 Å². The number of carbonyl (C=O) groups excluding carboxylic acids is 1. The van der Waals surface area contributed by atoms with Gasteiger partial charge in [-0.1, -0.05) is 0 Å². The number of fused-ring (bicyclic) bond motifs is 1. The maximum absolute atomic E-state index is 13.0. The second-order valence-corrected chi connectivity index (χ2v) is 9.77. The molecule has 0 radical (unpaired) electrons. The largest absolute Gasteiger partial charge is 0.466 e. The highest BCUT2D eigenvalue weighted by Gasteiger charge is 2.31. The number of imidazole rings is 1. The van der Waals surface area contributed by atoms with Gasteiger partial charge in [-0.15, -0.1) is 0 Å². The van der Waals surface area contributed by atoms with Crippen LogP contribution in [-0.2, 0) is 20.4 Å². The summed E-state index contributed by atoms with van der Waals surface area (Å²) in [7, 11) is 0. The summed E-state index contributed by atoms with van der Waals surface area (Å²) >= 11 is 0. The minimum absolute atomic E-state index is 0.00705. The van der Waals surface area contributed by atoms with Crippen LogP contribution in [0.1, 0.15) is 51.0 Å². The molecule has 0 atom stereocenters. The van der Waals surface area contributed by atoms with Crippen molar-refractivity contribution in [3.63, 3.8) is 0 Å². The second kappa shape index (κ2) is 10.7. The molecule has 10 heteroatoms. The smallest absolute Gasteiger partial charge is 0.416 e. The van der Waals surface area contributed by atoms with E-state index in [1.807, 2.05) is 19.1 Å². The number of nitrogens with one attached hydrogen (secondary N) is 1. The van der Waals surface area contributed by atoms with Crippen LogP contribution in [0.5, 0.6) is 0 Å². The third kappa shape index (κ3) is 5.89. The second-order valence-electron chi connectivity index (χ2n) is 9.77. The summed E-state index contributed by atoms with van der Waals surface area (Å²) in [5.41, 5.74) is 0.808. The first-order chi connectivity index (χ1) is 17.8. The number of esters is 1. The van der Waals surface area contributed by atoms with E-state index in [1.54, 1.807) is 6.20 Å². The summed E-state index contributed by atoms with van der Waals surface area (Å²) in [4.78, 5) is 26.2. The molecular formula is C27H31F3N4O3. The molecule has 2 aromatic heterocycles. The van der Waals surface area contributed by atoms with Crippen molar-refractivity contribution >= 4 is 22.8 Å². The van der Waals surface area contributed by atoms with E-state index in [4.69, 9.17) is 9.47 Å². The molecule has 1 aromatic carbocycles. The van der Waals surface area contributed by atoms with Crippen LogP contribution in [0.15, 0.2) is 36.5 Å². The Morgan fingerprint density at radius 2 is 1.78 bits per heavy atom. The van der Waals surface area contributed by atoms with Crippen molar-refractivity contribution in [2.75, 3.05) is 24.6 Å². The molecule has 0 bridgehead atoms. The molecule has 0 amide bonds. The first kappa shape index (κ1) is 25.5. The van der Waals surface area contributed by atoms with Crippen LogP contribution in [0, 0.1) is 5.92 Å². The molecule has 2 aliphatic rings. The third-order valence-electron chi connectivity index (χ3n) is 7.28. The fourth-order valence-corrected chi connectivity index (χ4v) is 5.22. The lowest BCUT2D eigenvalue weighted by molar-refractivity contribution is -0.150. The van der Waals surface area contributed by atoms with E-state index in [1.165, 1.54) is 6.07 Å². The number of anilines is 1. The zero-order chi connectivity index (χ0) is 26.0. The summed E-state index contributed by atoms with van der Waals surface area (Å²) in [6.45, 7) is 3.93. The third-order valence-corrected chi connectivity index (χ3v) is 7.28. The highest BCUT2D eigenvalue weighted by Crippen LogP contribution is 2.33. The summed E-state index contributed by atoms with van der Waals surface area (Å²) < 4.78 is 50.5. The number of pyridine rings is 1. The maximum atomic E-state index is 13.0. The van der Waals surface area contributed by atoms with Crippen LogP contribution in [0.3, 0.4) is 0 Å². The first-order valence-electron chi connectivity index (χ1n) is 12.9. The molecule has 1 saturated carbocycles. The molecule has 0 unspecified atom stereocenters. The average molecular weight is 517 g/mol. The van der Waals surface area contributed by atoms with Gasteiger partial charge in [0.1, 0.15) is 11.6 Å². The fourth-order valence-electron chi connectivity index (χ4n) is 5.22. The van der Waals surface area contributed by atoms with Crippen LogP contribution in [0.4, 0.5) is 19.0 Å². The molecule has 3 aromatic rings. The van der Waals surface area contributed by atoms with Gasteiger partial charge in [-0.2, -0.15) is 13.2 Å². The van der Waals surface area contributed by atoms with E-state index in [0.717, 1.165) is 69.6 Å². The first-order valence-corrected chi connectivity index (χ1v) is 12.9. The van der Waals surface area contributed by atoms with Crippen molar-refractivity contribution < 1.29 is 27.4 Å². The Bertz CT molecular complexity index is 1210. The summed E-state index contributed by atoms with van der Waals surface area (Å²) in [6, 6.07) is 7.30. The Morgan fingerprint density at radius 1 is 1.05 bits per heavy atom. The van der Waals surface area contributed by atoms with Gasteiger partial charge < -0.3 is 19.4 Å². The van der Waals surface area contributed by atoms with Crippen LogP contribution in [0.2, 0.25) is 0 Å². The molecule has 5 rings (SSSR count). The van der Waals surface area contributed by atoms with Crippen molar-refractivity contribution in [2.45, 2.75) is 63.8 Å². The average Bonchev–Trinajstić information content (AvgIpc) is 3.33. The lowest BCUT2D eigenvalue weighted by Crippen LogP contribution is -2.39. The topological polar surface area (TPSA) is 80.3 Å². The predicted molar refractivity (Wildman–Crippen MR) is 133 cm³/mol. The zero-order valence-electron chi connectivity index (χ0n) is 20.8. The Morgan fingerprint density at radius 3 is 2.43 bits per heavy atom. The van der Waals surface area contributed by atoms with Crippen LogP contribution < -0.4 is 4.90 Å². The standard InChI is InChI=1S/C27H31F3N4O3/c1-2-36-26(35)17-3-7-20(8-4-17)37-21-11-13-34(14-12-21)24-10-5-18(16-31-24)25-32-22-9-6-19(27(28,29)30)15-23(22)33-25/h5-6,9-10,15-17,20-21H,2-4,7-8,11-14H2,1H3,(H,32,33)/t17-,20-. The SMILES string of the molecule is CCOC(=O)[C@H]1CC[C@H](OC2CCN(c3ccc(-c4nc5cc(C(F)(F)F)ccc5[nH]4)cn3)CC2)CC1. The van der Waals surface area contributed by atoms with Crippen LogP contribution in [-0.4, -0.2) is 52.8 Å². The number of benzene rings is 1.